The summed E-state index contributed by atoms with van der Waals surface area (Å²) in [5.41, 5.74) is 0.503. The SMILES string of the molecule is CN(C(=O)COC(=O)/C=C/c1ccc(F)c(Cl)c1)[C@H]1CCS(=O)(=O)C1. The molecular formula is C16H17ClFNO5S. The minimum Gasteiger partial charge on any atom is -0.452 e. The molecule has 1 saturated heterocycles. The number of amides is 1. The van der Waals surface area contributed by atoms with Crippen LogP contribution in [0, 0.1) is 5.82 Å². The van der Waals surface area contributed by atoms with E-state index >= 15 is 0 Å². The summed E-state index contributed by atoms with van der Waals surface area (Å²) in [6, 6.07) is 3.56. The predicted molar refractivity (Wildman–Crippen MR) is 91.2 cm³/mol. The minimum absolute atomic E-state index is 0.0536. The van der Waals surface area contributed by atoms with Gasteiger partial charge in [-0.3, -0.25) is 4.79 Å². The fraction of sp³-hybridized carbons (Fsp3) is 0.375. The average Bonchev–Trinajstić information content (AvgIpc) is 2.92. The first-order valence-corrected chi connectivity index (χ1v) is 9.64. The minimum atomic E-state index is -3.10. The second kappa shape index (κ2) is 7.97. The molecule has 0 radical (unpaired) electrons. The average molecular weight is 390 g/mol. The molecule has 136 valence electrons. The zero-order valence-electron chi connectivity index (χ0n) is 13.4. The number of hydrogen-bond donors (Lipinski definition) is 0. The summed E-state index contributed by atoms with van der Waals surface area (Å²) in [6.45, 7) is -0.486. The van der Waals surface area contributed by atoms with Gasteiger partial charge in [-0.1, -0.05) is 17.7 Å². The Balaban J connectivity index is 1.83. The van der Waals surface area contributed by atoms with Crippen LogP contribution in [0.5, 0.6) is 0 Å². The van der Waals surface area contributed by atoms with Gasteiger partial charge in [-0.05, 0) is 30.2 Å². The molecule has 1 atom stereocenters. The highest BCUT2D eigenvalue weighted by atomic mass is 35.5. The van der Waals surface area contributed by atoms with Gasteiger partial charge in [0.25, 0.3) is 5.91 Å². The number of carbonyl (C=O) groups excluding carboxylic acids is 2. The van der Waals surface area contributed by atoms with Crippen LogP contribution in [0.1, 0.15) is 12.0 Å². The number of hydrogen-bond acceptors (Lipinski definition) is 5. The Morgan fingerprint density at radius 3 is 2.76 bits per heavy atom. The van der Waals surface area contributed by atoms with Gasteiger partial charge in [0.15, 0.2) is 16.4 Å². The van der Waals surface area contributed by atoms with E-state index in [0.717, 1.165) is 6.08 Å². The van der Waals surface area contributed by atoms with Gasteiger partial charge in [-0.2, -0.15) is 0 Å². The zero-order chi connectivity index (χ0) is 18.6. The molecule has 0 N–H and O–H groups in total. The quantitative estimate of drug-likeness (QED) is 0.565. The van der Waals surface area contributed by atoms with Crippen molar-refractivity contribution in [3.63, 3.8) is 0 Å². The van der Waals surface area contributed by atoms with Crippen molar-refractivity contribution < 1.29 is 27.1 Å². The van der Waals surface area contributed by atoms with Crippen LogP contribution in [0.25, 0.3) is 6.08 Å². The fourth-order valence-electron chi connectivity index (χ4n) is 2.35. The number of nitrogens with zero attached hydrogens (tertiary/aromatic N) is 1. The van der Waals surface area contributed by atoms with E-state index in [0.29, 0.717) is 12.0 Å². The predicted octanol–water partition coefficient (Wildman–Crippen LogP) is 1.68. The number of halogens is 2. The molecule has 1 aliphatic heterocycles. The van der Waals surface area contributed by atoms with Gasteiger partial charge in [-0.15, -0.1) is 0 Å². The molecule has 1 fully saturated rings. The van der Waals surface area contributed by atoms with Crippen LogP contribution in [0.15, 0.2) is 24.3 Å². The highest BCUT2D eigenvalue weighted by molar-refractivity contribution is 7.91. The van der Waals surface area contributed by atoms with Crippen LogP contribution in [0.3, 0.4) is 0 Å². The molecular weight excluding hydrogens is 373 g/mol. The Hall–Kier alpha value is -1.93. The lowest BCUT2D eigenvalue weighted by atomic mass is 10.2. The lowest BCUT2D eigenvalue weighted by Crippen LogP contribution is -2.40. The Kier molecular flexibility index (Phi) is 6.18. The van der Waals surface area contributed by atoms with Crippen LogP contribution >= 0.6 is 11.6 Å². The van der Waals surface area contributed by atoms with E-state index < -0.39 is 40.2 Å². The molecule has 1 heterocycles. The number of esters is 1. The molecule has 1 aromatic carbocycles. The molecule has 0 bridgehead atoms. The van der Waals surface area contributed by atoms with Crippen LogP contribution in [-0.4, -0.2) is 56.4 Å². The summed E-state index contributed by atoms with van der Waals surface area (Å²) in [5, 5.41) is -0.0705. The van der Waals surface area contributed by atoms with E-state index in [1.807, 2.05) is 0 Å². The van der Waals surface area contributed by atoms with Crippen molar-refractivity contribution in [2.45, 2.75) is 12.5 Å². The summed E-state index contributed by atoms with van der Waals surface area (Å²) in [4.78, 5) is 24.9. The number of carbonyl (C=O) groups is 2. The van der Waals surface area contributed by atoms with Gasteiger partial charge in [-0.25, -0.2) is 17.6 Å². The molecule has 1 aromatic rings. The van der Waals surface area contributed by atoms with Crippen molar-refractivity contribution in [2.24, 2.45) is 0 Å². The zero-order valence-corrected chi connectivity index (χ0v) is 15.0. The highest BCUT2D eigenvalue weighted by Gasteiger charge is 2.32. The van der Waals surface area contributed by atoms with Gasteiger partial charge in [0.2, 0.25) is 0 Å². The molecule has 6 nitrogen and oxygen atoms in total. The maximum Gasteiger partial charge on any atom is 0.331 e. The summed E-state index contributed by atoms with van der Waals surface area (Å²) in [7, 11) is -1.62. The fourth-order valence-corrected chi connectivity index (χ4v) is 4.31. The first-order chi connectivity index (χ1) is 11.7. The van der Waals surface area contributed by atoms with Gasteiger partial charge < -0.3 is 9.64 Å². The van der Waals surface area contributed by atoms with Crippen molar-refractivity contribution in [3.05, 3.63) is 40.7 Å². The maximum absolute atomic E-state index is 13.0. The van der Waals surface area contributed by atoms with Crippen molar-refractivity contribution in [1.29, 1.82) is 0 Å². The Bertz CT molecular complexity index is 809. The number of rotatable bonds is 5. The number of likely N-dealkylation sites (N-methyl/N-ethyl adjacent to an activating group) is 1. The number of benzene rings is 1. The molecule has 0 unspecified atom stereocenters. The van der Waals surface area contributed by atoms with Gasteiger partial charge >= 0.3 is 5.97 Å². The topological polar surface area (TPSA) is 80.8 Å². The molecule has 25 heavy (non-hydrogen) atoms. The molecule has 0 aromatic heterocycles. The summed E-state index contributed by atoms with van der Waals surface area (Å²) in [6.07, 6.45) is 2.85. The summed E-state index contributed by atoms with van der Waals surface area (Å²) < 4.78 is 40.7. The molecule has 0 spiro atoms. The third-order valence-electron chi connectivity index (χ3n) is 3.84. The summed E-state index contributed by atoms with van der Waals surface area (Å²) >= 11 is 5.63. The van der Waals surface area contributed by atoms with Gasteiger partial charge in [0.1, 0.15) is 5.82 Å². The molecule has 0 saturated carbocycles. The van der Waals surface area contributed by atoms with Crippen molar-refractivity contribution in [3.8, 4) is 0 Å². The standard InChI is InChI=1S/C16H17ClFNO5S/c1-19(12-6-7-25(22,23)10-12)15(20)9-24-16(21)5-3-11-2-4-14(18)13(17)8-11/h2-5,8,12H,6-7,9-10H2,1H3/b5-3+/t12-/m0/s1. The van der Waals surface area contributed by atoms with E-state index in [4.69, 9.17) is 16.3 Å². The number of ether oxygens (including phenoxy) is 1. The molecule has 1 aliphatic rings. The summed E-state index contributed by atoms with van der Waals surface area (Å²) in [5.74, 6) is -1.81. The second-order valence-corrected chi connectivity index (χ2v) is 8.31. The van der Waals surface area contributed by atoms with E-state index in [9.17, 15) is 22.4 Å². The number of sulfone groups is 1. The monoisotopic (exact) mass is 389 g/mol. The van der Waals surface area contributed by atoms with E-state index in [1.165, 1.54) is 36.2 Å². The normalized spacial score (nSPS) is 19.1. The maximum atomic E-state index is 13.0. The highest BCUT2D eigenvalue weighted by Crippen LogP contribution is 2.17. The largest absolute Gasteiger partial charge is 0.452 e. The lowest BCUT2D eigenvalue weighted by molar-refractivity contribution is -0.148. The third-order valence-corrected chi connectivity index (χ3v) is 5.88. The second-order valence-electron chi connectivity index (χ2n) is 5.68. The Morgan fingerprint density at radius 2 is 2.16 bits per heavy atom. The Labute approximate surface area is 150 Å². The molecule has 0 aliphatic carbocycles. The first-order valence-electron chi connectivity index (χ1n) is 7.44. The van der Waals surface area contributed by atoms with Crippen LogP contribution in [0.2, 0.25) is 5.02 Å². The van der Waals surface area contributed by atoms with E-state index in [2.05, 4.69) is 0 Å². The van der Waals surface area contributed by atoms with Crippen molar-refractivity contribution in [2.75, 3.05) is 25.2 Å². The van der Waals surface area contributed by atoms with Crippen LogP contribution in [-0.2, 0) is 24.2 Å². The molecule has 2 rings (SSSR count). The molecule has 9 heteroatoms. The first kappa shape index (κ1) is 19.4. The van der Waals surface area contributed by atoms with Crippen molar-refractivity contribution >= 4 is 39.4 Å². The third kappa shape index (κ3) is 5.54. The van der Waals surface area contributed by atoms with Gasteiger partial charge in [0, 0.05) is 19.2 Å². The van der Waals surface area contributed by atoms with Crippen LogP contribution < -0.4 is 0 Å². The lowest BCUT2D eigenvalue weighted by Gasteiger charge is -2.22. The molecule has 1 amide bonds. The van der Waals surface area contributed by atoms with Crippen LogP contribution in [0.4, 0.5) is 4.39 Å². The Morgan fingerprint density at radius 1 is 1.44 bits per heavy atom. The van der Waals surface area contributed by atoms with E-state index in [-0.39, 0.29) is 16.5 Å². The van der Waals surface area contributed by atoms with E-state index in [1.54, 1.807) is 0 Å². The smallest absolute Gasteiger partial charge is 0.331 e. The van der Waals surface area contributed by atoms with Crippen molar-refractivity contribution in [1.82, 2.24) is 4.90 Å². The van der Waals surface area contributed by atoms with Gasteiger partial charge in [0.05, 0.1) is 16.5 Å².